The Hall–Kier alpha value is -2.13. The van der Waals surface area contributed by atoms with Gasteiger partial charge in [-0.15, -0.1) is 0 Å². The molecule has 0 aliphatic rings. The van der Waals surface area contributed by atoms with E-state index >= 15 is 0 Å². The summed E-state index contributed by atoms with van der Waals surface area (Å²) in [4.78, 5) is 15.0. The summed E-state index contributed by atoms with van der Waals surface area (Å²) in [7, 11) is 4.22. The Morgan fingerprint density at radius 3 is 2.20 bits per heavy atom. The van der Waals surface area contributed by atoms with Gasteiger partial charge in [-0.3, -0.25) is 4.79 Å². The molecule has 3 atom stereocenters. The molecule has 164 valence electrons. The maximum Gasteiger partial charge on any atom is 0.318 e. The zero-order valence-electron chi connectivity index (χ0n) is 19.8. The van der Waals surface area contributed by atoms with Crippen molar-refractivity contribution in [2.24, 2.45) is 11.8 Å². The van der Waals surface area contributed by atoms with Crippen molar-refractivity contribution in [3.63, 3.8) is 0 Å². The van der Waals surface area contributed by atoms with E-state index in [-0.39, 0.29) is 11.9 Å². The van der Waals surface area contributed by atoms with Gasteiger partial charge >= 0.3 is 5.97 Å². The molecule has 3 unspecified atom stereocenters. The van der Waals surface area contributed by atoms with Gasteiger partial charge in [0, 0.05) is 6.54 Å². The van der Waals surface area contributed by atoms with Gasteiger partial charge in [-0.2, -0.15) is 0 Å². The average molecular weight is 410 g/mol. The predicted molar refractivity (Wildman–Crippen MR) is 126 cm³/mol. The number of carbonyl (C=O) groups is 1. The maximum atomic E-state index is 12.8. The highest BCUT2D eigenvalue weighted by atomic mass is 16.5. The summed E-state index contributed by atoms with van der Waals surface area (Å²) in [6.07, 6.45) is 2.11. The van der Waals surface area contributed by atoms with Crippen molar-refractivity contribution in [1.29, 1.82) is 0 Å². The van der Waals surface area contributed by atoms with Gasteiger partial charge in [0.25, 0.3) is 0 Å². The summed E-state index contributed by atoms with van der Waals surface area (Å²) >= 11 is 0. The first-order chi connectivity index (χ1) is 14.2. The largest absolute Gasteiger partial charge is 0.426 e. The fraction of sp³-hybridized carbons (Fsp3) is 0.519. The van der Waals surface area contributed by atoms with Gasteiger partial charge in [0.05, 0.1) is 5.92 Å². The van der Waals surface area contributed by atoms with Gasteiger partial charge in [-0.25, -0.2) is 0 Å². The number of benzene rings is 2. The topological polar surface area (TPSA) is 29.5 Å². The number of hydrogen-bond donors (Lipinski definition) is 0. The normalized spacial score (nSPS) is 14.6. The summed E-state index contributed by atoms with van der Waals surface area (Å²) in [5.41, 5.74) is 3.54. The van der Waals surface area contributed by atoms with Crippen molar-refractivity contribution >= 4 is 5.97 Å². The van der Waals surface area contributed by atoms with E-state index in [4.69, 9.17) is 4.74 Å². The quantitative estimate of drug-likeness (QED) is 0.341. The van der Waals surface area contributed by atoms with Crippen molar-refractivity contribution < 1.29 is 9.53 Å². The Morgan fingerprint density at radius 1 is 0.967 bits per heavy atom. The molecule has 0 spiro atoms. The van der Waals surface area contributed by atoms with E-state index in [1.807, 2.05) is 25.1 Å². The maximum absolute atomic E-state index is 12.8. The van der Waals surface area contributed by atoms with Crippen molar-refractivity contribution in [2.75, 3.05) is 20.6 Å². The Morgan fingerprint density at radius 2 is 1.63 bits per heavy atom. The highest BCUT2D eigenvalue weighted by Gasteiger charge is 2.21. The predicted octanol–water partition coefficient (Wildman–Crippen LogP) is 6.29. The Kier molecular flexibility index (Phi) is 9.10. The summed E-state index contributed by atoms with van der Waals surface area (Å²) in [6, 6.07) is 16.4. The molecular weight excluding hydrogens is 370 g/mol. The summed E-state index contributed by atoms with van der Waals surface area (Å²) in [5, 5.41) is 0. The lowest BCUT2D eigenvalue weighted by atomic mass is 9.85. The average Bonchev–Trinajstić information content (AvgIpc) is 2.68. The third-order valence-electron chi connectivity index (χ3n) is 5.76. The van der Waals surface area contributed by atoms with Gasteiger partial charge in [0.15, 0.2) is 0 Å². The van der Waals surface area contributed by atoms with Gasteiger partial charge in [0.1, 0.15) is 5.75 Å². The molecule has 0 saturated heterocycles. The third-order valence-corrected chi connectivity index (χ3v) is 5.76. The second kappa shape index (κ2) is 11.3. The first kappa shape index (κ1) is 24.1. The van der Waals surface area contributed by atoms with E-state index in [1.54, 1.807) is 0 Å². The summed E-state index contributed by atoms with van der Waals surface area (Å²) in [6.45, 7) is 11.9. The second-order valence-electron chi connectivity index (χ2n) is 9.31. The summed E-state index contributed by atoms with van der Waals surface area (Å²) < 4.78 is 5.77. The van der Waals surface area contributed by atoms with E-state index in [1.165, 1.54) is 11.1 Å². The molecule has 3 nitrogen and oxygen atoms in total. The lowest BCUT2D eigenvalue weighted by molar-refractivity contribution is -0.135. The van der Waals surface area contributed by atoms with Crippen LogP contribution in [-0.2, 0) is 11.2 Å². The smallest absolute Gasteiger partial charge is 0.318 e. The minimum Gasteiger partial charge on any atom is -0.426 e. The SMILES string of the molecule is CCC(c1cccc(OC(=O)C(C)c2ccc(CC(C)C)cc2)c1)C(C)CN(C)C. The number of carbonyl (C=O) groups excluding carboxylic acids is 1. The van der Waals surface area contributed by atoms with Crippen molar-refractivity contribution in [2.45, 2.75) is 59.3 Å². The van der Waals surface area contributed by atoms with Crippen LogP contribution in [0.3, 0.4) is 0 Å². The van der Waals surface area contributed by atoms with Gasteiger partial charge < -0.3 is 9.64 Å². The molecule has 0 amide bonds. The van der Waals surface area contributed by atoms with Crippen molar-refractivity contribution in [3.05, 3.63) is 65.2 Å². The fourth-order valence-electron chi connectivity index (χ4n) is 4.23. The van der Waals surface area contributed by atoms with Crippen LogP contribution < -0.4 is 4.74 Å². The Labute approximate surface area is 183 Å². The lowest BCUT2D eigenvalue weighted by Crippen LogP contribution is -2.24. The molecule has 2 aromatic rings. The molecular formula is C27H39NO2. The fourth-order valence-corrected chi connectivity index (χ4v) is 4.23. The molecule has 0 aromatic heterocycles. The van der Waals surface area contributed by atoms with Crippen LogP contribution in [0.15, 0.2) is 48.5 Å². The van der Waals surface area contributed by atoms with E-state index in [2.05, 4.69) is 77.0 Å². The van der Waals surface area contributed by atoms with Crippen LogP contribution in [0.4, 0.5) is 0 Å². The molecule has 3 heteroatoms. The summed E-state index contributed by atoms with van der Waals surface area (Å²) in [5.74, 6) is 1.72. The zero-order chi connectivity index (χ0) is 22.3. The molecule has 2 aromatic carbocycles. The lowest BCUT2D eigenvalue weighted by Gasteiger charge is -2.26. The zero-order valence-corrected chi connectivity index (χ0v) is 19.8. The van der Waals surface area contributed by atoms with E-state index in [0.29, 0.717) is 23.5 Å². The number of nitrogens with zero attached hydrogens (tertiary/aromatic N) is 1. The minimum absolute atomic E-state index is 0.210. The Bertz CT molecular complexity index is 795. The molecule has 0 radical (unpaired) electrons. The molecule has 0 heterocycles. The second-order valence-corrected chi connectivity index (χ2v) is 9.31. The van der Waals surface area contributed by atoms with Crippen LogP contribution in [0, 0.1) is 11.8 Å². The molecule has 0 aliphatic carbocycles. The van der Waals surface area contributed by atoms with Crippen LogP contribution in [0.1, 0.15) is 69.6 Å². The molecule has 0 fully saturated rings. The number of hydrogen-bond acceptors (Lipinski definition) is 3. The van der Waals surface area contributed by atoms with E-state index in [9.17, 15) is 4.79 Å². The molecule has 0 N–H and O–H groups in total. The van der Waals surface area contributed by atoms with Gasteiger partial charge in [-0.05, 0) is 80.4 Å². The highest BCUT2D eigenvalue weighted by molar-refractivity contribution is 5.80. The van der Waals surface area contributed by atoms with E-state index < -0.39 is 0 Å². The van der Waals surface area contributed by atoms with Crippen LogP contribution in [0.2, 0.25) is 0 Å². The Balaban J connectivity index is 2.08. The molecule has 2 rings (SSSR count). The van der Waals surface area contributed by atoms with Crippen LogP contribution in [-0.4, -0.2) is 31.5 Å². The standard InChI is InChI=1S/C27H39NO2/c1-8-26(20(4)18-28(6)7)24-10-9-11-25(17-24)30-27(29)21(5)23-14-12-22(13-15-23)16-19(2)3/h9-15,17,19-21,26H,8,16,18H2,1-7H3. The molecule has 0 bridgehead atoms. The minimum atomic E-state index is -0.295. The monoisotopic (exact) mass is 409 g/mol. The van der Waals surface area contributed by atoms with Crippen molar-refractivity contribution in [3.8, 4) is 5.75 Å². The van der Waals surface area contributed by atoms with Gasteiger partial charge in [-0.1, -0.05) is 64.1 Å². The van der Waals surface area contributed by atoms with Crippen molar-refractivity contribution in [1.82, 2.24) is 4.90 Å². The third kappa shape index (κ3) is 6.98. The number of rotatable bonds is 10. The number of esters is 1. The first-order valence-electron chi connectivity index (χ1n) is 11.3. The molecule has 30 heavy (non-hydrogen) atoms. The van der Waals surface area contributed by atoms with Gasteiger partial charge in [0.2, 0.25) is 0 Å². The first-order valence-corrected chi connectivity index (χ1v) is 11.3. The van der Waals surface area contributed by atoms with Crippen LogP contribution in [0.25, 0.3) is 0 Å². The molecule has 0 saturated carbocycles. The van der Waals surface area contributed by atoms with Crippen LogP contribution in [0.5, 0.6) is 5.75 Å². The number of ether oxygens (including phenoxy) is 1. The molecule has 0 aliphatic heterocycles. The van der Waals surface area contributed by atoms with Crippen LogP contribution >= 0.6 is 0 Å². The van der Waals surface area contributed by atoms with E-state index in [0.717, 1.165) is 24.9 Å². The highest BCUT2D eigenvalue weighted by Crippen LogP contribution is 2.31.